The van der Waals surface area contributed by atoms with Crippen molar-refractivity contribution in [2.75, 3.05) is 0 Å². The lowest BCUT2D eigenvalue weighted by molar-refractivity contribution is 0.294. The highest BCUT2D eigenvalue weighted by Crippen LogP contribution is 2.41. The highest BCUT2D eigenvalue weighted by atomic mass is 15.0. The molecule has 1 atom stereocenters. The molecular formula is C18H27N. The first-order valence-electron chi connectivity index (χ1n) is 8.02. The van der Waals surface area contributed by atoms with Crippen molar-refractivity contribution in [3.63, 3.8) is 0 Å². The molecule has 1 fully saturated rings. The lowest BCUT2D eigenvalue weighted by atomic mass is 9.71. The molecule has 0 spiro atoms. The SMILES string of the molecule is CC1(C)CCC(NC2CCCCC2)c2ccccc21. The molecule has 1 aromatic rings. The molecule has 0 radical (unpaired) electrons. The van der Waals surface area contributed by atoms with E-state index in [4.69, 9.17) is 0 Å². The van der Waals surface area contributed by atoms with E-state index < -0.39 is 0 Å². The first kappa shape index (κ1) is 13.2. The Kier molecular flexibility index (Phi) is 3.66. The number of hydrogen-bond donors (Lipinski definition) is 1. The molecule has 0 aromatic heterocycles. The van der Waals surface area contributed by atoms with Crippen LogP contribution < -0.4 is 5.32 Å². The van der Waals surface area contributed by atoms with E-state index in [1.54, 1.807) is 11.1 Å². The van der Waals surface area contributed by atoms with Crippen LogP contribution in [0.25, 0.3) is 0 Å². The zero-order valence-electron chi connectivity index (χ0n) is 12.4. The number of rotatable bonds is 2. The summed E-state index contributed by atoms with van der Waals surface area (Å²) >= 11 is 0. The van der Waals surface area contributed by atoms with Gasteiger partial charge in [-0.25, -0.2) is 0 Å². The molecule has 1 saturated carbocycles. The van der Waals surface area contributed by atoms with Gasteiger partial charge in [-0.15, -0.1) is 0 Å². The zero-order valence-corrected chi connectivity index (χ0v) is 12.4. The average molecular weight is 257 g/mol. The van der Waals surface area contributed by atoms with Gasteiger partial charge in [0.05, 0.1) is 0 Å². The van der Waals surface area contributed by atoms with Crippen LogP contribution in [0.3, 0.4) is 0 Å². The first-order valence-corrected chi connectivity index (χ1v) is 8.02. The summed E-state index contributed by atoms with van der Waals surface area (Å²) in [5.74, 6) is 0. The normalized spacial score (nSPS) is 26.9. The summed E-state index contributed by atoms with van der Waals surface area (Å²) in [6.45, 7) is 4.78. The van der Waals surface area contributed by atoms with Gasteiger partial charge in [-0.3, -0.25) is 0 Å². The third kappa shape index (κ3) is 2.72. The Morgan fingerprint density at radius 2 is 1.74 bits per heavy atom. The van der Waals surface area contributed by atoms with Gasteiger partial charge in [0.15, 0.2) is 0 Å². The van der Waals surface area contributed by atoms with Crippen molar-refractivity contribution >= 4 is 0 Å². The van der Waals surface area contributed by atoms with Gasteiger partial charge in [0.25, 0.3) is 0 Å². The minimum absolute atomic E-state index is 0.349. The second-order valence-corrected chi connectivity index (χ2v) is 7.06. The number of fused-ring (bicyclic) bond motifs is 1. The molecule has 1 nitrogen and oxygen atoms in total. The van der Waals surface area contributed by atoms with Crippen LogP contribution in [-0.4, -0.2) is 6.04 Å². The maximum Gasteiger partial charge on any atom is 0.0325 e. The van der Waals surface area contributed by atoms with E-state index in [1.165, 1.54) is 44.9 Å². The molecule has 2 aliphatic carbocycles. The molecule has 0 amide bonds. The summed E-state index contributed by atoms with van der Waals surface area (Å²) < 4.78 is 0. The minimum Gasteiger partial charge on any atom is -0.307 e. The van der Waals surface area contributed by atoms with E-state index in [2.05, 4.69) is 43.4 Å². The van der Waals surface area contributed by atoms with Crippen LogP contribution in [0.4, 0.5) is 0 Å². The van der Waals surface area contributed by atoms with Crippen LogP contribution in [0, 0.1) is 0 Å². The maximum absolute atomic E-state index is 3.95. The van der Waals surface area contributed by atoms with Gasteiger partial charge in [0, 0.05) is 12.1 Å². The molecule has 1 N–H and O–H groups in total. The smallest absolute Gasteiger partial charge is 0.0325 e. The second kappa shape index (κ2) is 5.28. The molecule has 1 aromatic carbocycles. The Balaban J connectivity index is 1.80. The molecule has 0 aliphatic heterocycles. The number of nitrogens with one attached hydrogen (secondary N) is 1. The fourth-order valence-corrected chi connectivity index (χ4v) is 3.94. The Morgan fingerprint density at radius 1 is 1.00 bits per heavy atom. The van der Waals surface area contributed by atoms with E-state index in [1.807, 2.05) is 0 Å². The van der Waals surface area contributed by atoms with Crippen LogP contribution in [0.15, 0.2) is 24.3 Å². The van der Waals surface area contributed by atoms with Gasteiger partial charge >= 0.3 is 0 Å². The molecule has 3 rings (SSSR count). The molecular weight excluding hydrogens is 230 g/mol. The molecule has 1 heteroatoms. The largest absolute Gasteiger partial charge is 0.307 e. The van der Waals surface area contributed by atoms with E-state index in [-0.39, 0.29) is 0 Å². The third-order valence-corrected chi connectivity index (χ3v) is 5.17. The molecule has 104 valence electrons. The van der Waals surface area contributed by atoms with Gasteiger partial charge in [-0.1, -0.05) is 57.4 Å². The van der Waals surface area contributed by atoms with Crippen molar-refractivity contribution in [1.82, 2.24) is 5.32 Å². The summed E-state index contributed by atoms with van der Waals surface area (Å²) in [6.07, 6.45) is 9.61. The fourth-order valence-electron chi connectivity index (χ4n) is 3.94. The van der Waals surface area contributed by atoms with Crippen molar-refractivity contribution in [3.05, 3.63) is 35.4 Å². The topological polar surface area (TPSA) is 12.0 Å². The van der Waals surface area contributed by atoms with E-state index >= 15 is 0 Å². The van der Waals surface area contributed by atoms with Gasteiger partial charge in [-0.2, -0.15) is 0 Å². The summed E-state index contributed by atoms with van der Waals surface area (Å²) in [7, 11) is 0. The summed E-state index contributed by atoms with van der Waals surface area (Å²) in [6, 6.07) is 10.4. The van der Waals surface area contributed by atoms with Gasteiger partial charge < -0.3 is 5.32 Å². The molecule has 0 bridgehead atoms. The Labute approximate surface area is 117 Å². The molecule has 1 unspecified atom stereocenters. The molecule has 19 heavy (non-hydrogen) atoms. The van der Waals surface area contributed by atoms with Crippen LogP contribution >= 0.6 is 0 Å². The van der Waals surface area contributed by atoms with Crippen molar-refractivity contribution in [2.24, 2.45) is 0 Å². The Hall–Kier alpha value is -0.820. The van der Waals surface area contributed by atoms with Gasteiger partial charge in [0.1, 0.15) is 0 Å². The van der Waals surface area contributed by atoms with Crippen molar-refractivity contribution < 1.29 is 0 Å². The van der Waals surface area contributed by atoms with Crippen LogP contribution in [0.1, 0.15) is 76.0 Å². The number of hydrogen-bond acceptors (Lipinski definition) is 1. The second-order valence-electron chi connectivity index (χ2n) is 7.06. The molecule has 2 aliphatic rings. The Morgan fingerprint density at radius 3 is 2.53 bits per heavy atom. The minimum atomic E-state index is 0.349. The highest BCUT2D eigenvalue weighted by molar-refractivity contribution is 5.38. The van der Waals surface area contributed by atoms with Gasteiger partial charge in [0.2, 0.25) is 0 Å². The van der Waals surface area contributed by atoms with Crippen LogP contribution in [0.2, 0.25) is 0 Å². The Bertz CT molecular complexity index is 429. The van der Waals surface area contributed by atoms with Crippen LogP contribution in [0.5, 0.6) is 0 Å². The van der Waals surface area contributed by atoms with Crippen LogP contribution in [-0.2, 0) is 5.41 Å². The highest BCUT2D eigenvalue weighted by Gasteiger charge is 2.33. The lowest BCUT2D eigenvalue weighted by Gasteiger charge is -2.39. The monoisotopic (exact) mass is 257 g/mol. The zero-order chi connectivity index (χ0) is 13.3. The van der Waals surface area contributed by atoms with Crippen molar-refractivity contribution in [3.8, 4) is 0 Å². The van der Waals surface area contributed by atoms with Crippen molar-refractivity contribution in [1.29, 1.82) is 0 Å². The van der Waals surface area contributed by atoms with E-state index in [0.717, 1.165) is 6.04 Å². The molecule has 0 saturated heterocycles. The average Bonchev–Trinajstić information content (AvgIpc) is 2.44. The predicted octanol–water partition coefficient (Wildman–Crippen LogP) is 4.72. The van der Waals surface area contributed by atoms with E-state index in [9.17, 15) is 0 Å². The fraction of sp³-hybridized carbons (Fsp3) is 0.667. The van der Waals surface area contributed by atoms with E-state index in [0.29, 0.717) is 11.5 Å². The van der Waals surface area contributed by atoms with Crippen molar-refractivity contribution in [2.45, 2.75) is 76.3 Å². The summed E-state index contributed by atoms with van der Waals surface area (Å²) in [5.41, 5.74) is 3.47. The summed E-state index contributed by atoms with van der Waals surface area (Å²) in [5, 5.41) is 3.95. The number of benzene rings is 1. The van der Waals surface area contributed by atoms with Gasteiger partial charge in [-0.05, 0) is 42.2 Å². The maximum atomic E-state index is 3.95. The predicted molar refractivity (Wildman–Crippen MR) is 81.5 cm³/mol. The quantitative estimate of drug-likeness (QED) is 0.808. The molecule has 0 heterocycles. The third-order valence-electron chi connectivity index (χ3n) is 5.17. The summed E-state index contributed by atoms with van der Waals surface area (Å²) in [4.78, 5) is 0. The first-order chi connectivity index (χ1) is 9.17. The lowest BCUT2D eigenvalue weighted by Crippen LogP contribution is -2.38. The standard InChI is InChI=1S/C18H27N/c1-18(2)13-12-17(15-10-6-7-11-16(15)18)19-14-8-4-3-5-9-14/h6-7,10-11,14,17,19H,3-5,8-9,12-13H2,1-2H3.